The maximum Gasteiger partial charge on any atom is 0.433 e. The number of alkyl halides is 3. The number of rotatable bonds is 6. The number of carbonyl (C=O) groups excluding carboxylic acids is 1. The van der Waals surface area contributed by atoms with Crippen LogP contribution in [-0.4, -0.2) is 21.1 Å². The Kier molecular flexibility index (Phi) is 6.71. The molecule has 0 saturated heterocycles. The molecule has 1 amide bonds. The Labute approximate surface area is 174 Å². The van der Waals surface area contributed by atoms with Crippen molar-refractivity contribution in [3.8, 4) is 11.3 Å². The summed E-state index contributed by atoms with van der Waals surface area (Å²) < 4.78 is 52.8. The van der Waals surface area contributed by atoms with Crippen LogP contribution in [0.15, 0.2) is 65.8 Å². The molecule has 0 aliphatic rings. The van der Waals surface area contributed by atoms with Crippen LogP contribution >= 0.6 is 11.8 Å². The lowest BCUT2D eigenvalue weighted by atomic mass is 10.1. The van der Waals surface area contributed by atoms with Crippen molar-refractivity contribution >= 4 is 17.7 Å². The van der Waals surface area contributed by atoms with Crippen molar-refractivity contribution in [1.29, 1.82) is 0 Å². The second kappa shape index (κ2) is 9.25. The first-order valence-electron chi connectivity index (χ1n) is 8.93. The molecule has 0 saturated carbocycles. The normalized spacial score (nSPS) is 12.4. The van der Waals surface area contributed by atoms with E-state index in [1.54, 1.807) is 37.3 Å². The number of halogens is 4. The predicted octanol–water partition coefficient (Wildman–Crippen LogP) is 5.10. The topological polar surface area (TPSA) is 54.9 Å². The van der Waals surface area contributed by atoms with Crippen LogP contribution in [0.2, 0.25) is 0 Å². The summed E-state index contributed by atoms with van der Waals surface area (Å²) in [4.78, 5) is 20.1. The van der Waals surface area contributed by atoms with Crippen LogP contribution in [0.3, 0.4) is 0 Å². The molecular weight excluding hydrogens is 418 g/mol. The smallest absolute Gasteiger partial charge is 0.351 e. The predicted molar refractivity (Wildman–Crippen MR) is 106 cm³/mol. The summed E-state index contributed by atoms with van der Waals surface area (Å²) in [7, 11) is 0. The average Bonchev–Trinajstić information content (AvgIpc) is 2.73. The van der Waals surface area contributed by atoms with Crippen molar-refractivity contribution in [3.63, 3.8) is 0 Å². The van der Waals surface area contributed by atoms with Crippen molar-refractivity contribution in [1.82, 2.24) is 15.3 Å². The molecule has 9 heteroatoms. The second-order valence-electron chi connectivity index (χ2n) is 6.39. The Morgan fingerprint density at radius 2 is 1.73 bits per heavy atom. The molecule has 1 unspecified atom stereocenters. The van der Waals surface area contributed by atoms with E-state index in [4.69, 9.17) is 0 Å². The van der Waals surface area contributed by atoms with Crippen molar-refractivity contribution < 1.29 is 22.4 Å². The molecule has 0 radical (unpaired) electrons. The number of carbonyl (C=O) groups is 1. The largest absolute Gasteiger partial charge is 0.433 e. The highest BCUT2D eigenvalue weighted by atomic mass is 32.2. The van der Waals surface area contributed by atoms with Gasteiger partial charge in [-0.15, -0.1) is 0 Å². The van der Waals surface area contributed by atoms with Crippen LogP contribution in [-0.2, 0) is 17.5 Å². The van der Waals surface area contributed by atoms with E-state index in [2.05, 4.69) is 15.3 Å². The third kappa shape index (κ3) is 5.79. The van der Waals surface area contributed by atoms with E-state index in [1.165, 1.54) is 24.3 Å². The Hall–Kier alpha value is -2.94. The molecule has 0 aliphatic carbocycles. The van der Waals surface area contributed by atoms with E-state index in [1.807, 2.05) is 0 Å². The first kappa shape index (κ1) is 21.8. The molecule has 4 nitrogen and oxygen atoms in total. The molecular formula is C21H17F4N3OS. The van der Waals surface area contributed by atoms with Crippen molar-refractivity contribution in [2.24, 2.45) is 0 Å². The second-order valence-corrected chi connectivity index (χ2v) is 7.70. The first-order valence-corrected chi connectivity index (χ1v) is 9.81. The summed E-state index contributed by atoms with van der Waals surface area (Å²) in [6.07, 6.45) is -4.64. The zero-order valence-corrected chi connectivity index (χ0v) is 16.6. The van der Waals surface area contributed by atoms with Gasteiger partial charge in [-0.2, -0.15) is 13.2 Å². The molecule has 1 N–H and O–H groups in total. The van der Waals surface area contributed by atoms with Gasteiger partial charge in [-0.3, -0.25) is 4.79 Å². The van der Waals surface area contributed by atoms with Crippen LogP contribution in [0.5, 0.6) is 0 Å². The van der Waals surface area contributed by atoms with Gasteiger partial charge in [0, 0.05) is 12.1 Å². The third-order valence-electron chi connectivity index (χ3n) is 4.10. The van der Waals surface area contributed by atoms with Gasteiger partial charge in [0.1, 0.15) is 11.5 Å². The van der Waals surface area contributed by atoms with Crippen molar-refractivity contribution in [2.75, 3.05) is 0 Å². The fourth-order valence-corrected chi connectivity index (χ4v) is 3.34. The van der Waals surface area contributed by atoms with Crippen molar-refractivity contribution in [2.45, 2.75) is 30.1 Å². The number of nitrogens with one attached hydrogen (secondary N) is 1. The Morgan fingerprint density at radius 3 is 2.37 bits per heavy atom. The van der Waals surface area contributed by atoms with E-state index < -0.39 is 23.0 Å². The van der Waals surface area contributed by atoms with Crippen LogP contribution in [0.4, 0.5) is 17.6 Å². The summed E-state index contributed by atoms with van der Waals surface area (Å²) in [5.41, 5.74) is 0.265. The molecule has 2 aromatic carbocycles. The number of aromatic nitrogens is 2. The lowest BCUT2D eigenvalue weighted by molar-refractivity contribution is -0.141. The SMILES string of the molecule is CC(Sc1nc(-c2ccccc2)cc(C(F)(F)F)n1)C(=O)NCc1ccc(F)cc1. The fourth-order valence-electron chi connectivity index (χ4n) is 2.53. The van der Waals surface area contributed by atoms with Gasteiger partial charge in [0.2, 0.25) is 5.91 Å². The standard InChI is InChI=1S/C21H17F4N3OS/c1-13(19(29)26-12-14-7-9-16(22)10-8-14)30-20-27-17(15-5-3-2-4-6-15)11-18(28-20)21(23,24)25/h2-11,13H,12H2,1H3,(H,26,29). The maximum atomic E-state index is 13.3. The van der Waals surface area contributed by atoms with E-state index >= 15 is 0 Å². The molecule has 0 spiro atoms. The fraction of sp³-hybridized carbons (Fsp3) is 0.190. The van der Waals surface area contributed by atoms with Gasteiger partial charge in [-0.1, -0.05) is 54.2 Å². The number of hydrogen-bond donors (Lipinski definition) is 1. The highest BCUT2D eigenvalue weighted by Gasteiger charge is 2.34. The molecule has 3 rings (SSSR count). The minimum Gasteiger partial charge on any atom is -0.351 e. The molecule has 1 aromatic heterocycles. The molecule has 0 fully saturated rings. The van der Waals surface area contributed by atoms with Gasteiger partial charge in [-0.05, 0) is 30.7 Å². The van der Waals surface area contributed by atoms with E-state index in [9.17, 15) is 22.4 Å². The number of hydrogen-bond acceptors (Lipinski definition) is 4. The number of amides is 1. The van der Waals surface area contributed by atoms with Gasteiger partial charge in [0.25, 0.3) is 0 Å². The lowest BCUT2D eigenvalue weighted by Gasteiger charge is -2.14. The number of benzene rings is 2. The monoisotopic (exact) mass is 435 g/mol. The summed E-state index contributed by atoms with van der Waals surface area (Å²) in [5.74, 6) is -0.781. The third-order valence-corrected chi connectivity index (χ3v) is 5.06. The van der Waals surface area contributed by atoms with Gasteiger partial charge < -0.3 is 5.32 Å². The summed E-state index contributed by atoms with van der Waals surface area (Å²) >= 11 is 0.834. The van der Waals surface area contributed by atoms with Gasteiger partial charge >= 0.3 is 6.18 Å². The van der Waals surface area contributed by atoms with Crippen LogP contribution < -0.4 is 5.32 Å². The average molecular weight is 435 g/mol. The molecule has 0 aliphatic heterocycles. The van der Waals surface area contributed by atoms with Crippen molar-refractivity contribution in [3.05, 3.63) is 77.7 Å². The molecule has 156 valence electrons. The van der Waals surface area contributed by atoms with Gasteiger partial charge in [0.05, 0.1) is 10.9 Å². The Balaban J connectivity index is 1.75. The molecule has 30 heavy (non-hydrogen) atoms. The van der Waals surface area contributed by atoms with Crippen LogP contribution in [0, 0.1) is 5.82 Å². The number of nitrogens with zero attached hydrogens (tertiary/aromatic N) is 2. The highest BCUT2D eigenvalue weighted by Crippen LogP contribution is 2.32. The molecule has 3 aromatic rings. The summed E-state index contributed by atoms with van der Waals surface area (Å²) in [5, 5.41) is 1.79. The quantitative estimate of drug-likeness (QED) is 0.333. The summed E-state index contributed by atoms with van der Waals surface area (Å²) in [6, 6.07) is 15.0. The Bertz CT molecular complexity index is 1010. The summed E-state index contributed by atoms with van der Waals surface area (Å²) in [6.45, 7) is 1.72. The van der Waals surface area contributed by atoms with E-state index in [-0.39, 0.29) is 23.2 Å². The molecule has 0 bridgehead atoms. The van der Waals surface area contributed by atoms with E-state index in [0.717, 1.165) is 17.8 Å². The number of thioether (sulfide) groups is 1. The zero-order chi connectivity index (χ0) is 21.7. The van der Waals surface area contributed by atoms with Gasteiger partial charge in [0.15, 0.2) is 5.16 Å². The minimum absolute atomic E-state index is 0.124. The molecule has 1 heterocycles. The Morgan fingerprint density at radius 1 is 1.07 bits per heavy atom. The highest BCUT2D eigenvalue weighted by molar-refractivity contribution is 8.00. The lowest BCUT2D eigenvalue weighted by Crippen LogP contribution is -2.30. The van der Waals surface area contributed by atoms with Crippen LogP contribution in [0.1, 0.15) is 18.2 Å². The minimum atomic E-state index is -4.64. The zero-order valence-electron chi connectivity index (χ0n) is 15.8. The molecule has 1 atom stereocenters. The van der Waals surface area contributed by atoms with Crippen LogP contribution in [0.25, 0.3) is 11.3 Å². The first-order chi connectivity index (χ1) is 14.2. The van der Waals surface area contributed by atoms with Gasteiger partial charge in [-0.25, -0.2) is 14.4 Å². The maximum absolute atomic E-state index is 13.3. The van der Waals surface area contributed by atoms with E-state index in [0.29, 0.717) is 11.1 Å².